The summed E-state index contributed by atoms with van der Waals surface area (Å²) in [5, 5.41) is 3.32. The van der Waals surface area contributed by atoms with Crippen LogP contribution in [0, 0.1) is 0 Å². The van der Waals surface area contributed by atoms with Gasteiger partial charge in [0.05, 0.1) is 0 Å². The van der Waals surface area contributed by atoms with Crippen molar-refractivity contribution in [2.75, 3.05) is 24.5 Å². The predicted octanol–water partition coefficient (Wildman–Crippen LogP) is -0.432. The number of hydrogen-bond acceptors (Lipinski definition) is 4. The Morgan fingerprint density at radius 2 is 2.50 bits per heavy atom. The maximum atomic E-state index is 11.4. The zero-order valence-corrected chi connectivity index (χ0v) is 8.16. The van der Waals surface area contributed by atoms with Crippen LogP contribution >= 0.6 is 0 Å². The largest absolute Gasteiger partial charge is 0.349 e. The molecule has 0 spiro atoms. The lowest BCUT2D eigenvalue weighted by molar-refractivity contribution is 0.481. The van der Waals surface area contributed by atoms with Crippen molar-refractivity contribution in [2.45, 2.75) is 13.0 Å². The Morgan fingerprint density at radius 1 is 1.64 bits per heavy atom. The number of nitrogens with zero attached hydrogens (tertiary/aromatic N) is 2. The minimum Gasteiger partial charge on any atom is -0.349 e. The lowest BCUT2D eigenvalue weighted by Crippen LogP contribution is -2.50. The Labute approximate surface area is 82.2 Å². The zero-order chi connectivity index (χ0) is 9.97. The second kappa shape index (κ2) is 3.79. The van der Waals surface area contributed by atoms with E-state index in [1.54, 1.807) is 12.4 Å². The number of nitrogens with one attached hydrogen (secondary N) is 2. The van der Waals surface area contributed by atoms with Crippen molar-refractivity contribution in [1.29, 1.82) is 0 Å². The van der Waals surface area contributed by atoms with Crippen molar-refractivity contribution in [3.63, 3.8) is 0 Å². The molecule has 2 N–H and O–H groups in total. The number of rotatable bonds is 1. The topological polar surface area (TPSA) is 61.0 Å². The van der Waals surface area contributed by atoms with Crippen molar-refractivity contribution in [1.82, 2.24) is 15.3 Å². The SMILES string of the molecule is C[C@@H]1CN(c2ncc[nH]c2=O)CCN1. The van der Waals surface area contributed by atoms with Crippen LogP contribution < -0.4 is 15.8 Å². The normalized spacial score (nSPS) is 22.4. The Balaban J connectivity index is 2.22. The highest BCUT2D eigenvalue weighted by Gasteiger charge is 2.18. The minimum atomic E-state index is -0.110. The molecule has 1 aliphatic rings. The third-order valence-corrected chi connectivity index (χ3v) is 2.36. The first kappa shape index (κ1) is 9.21. The van der Waals surface area contributed by atoms with Gasteiger partial charge in [-0.25, -0.2) is 4.98 Å². The molecule has 0 unspecified atom stereocenters. The summed E-state index contributed by atoms with van der Waals surface area (Å²) >= 11 is 0. The third kappa shape index (κ3) is 1.77. The Kier molecular flexibility index (Phi) is 2.49. The van der Waals surface area contributed by atoms with E-state index < -0.39 is 0 Å². The van der Waals surface area contributed by atoms with Crippen LogP contribution in [-0.2, 0) is 0 Å². The first-order valence-corrected chi connectivity index (χ1v) is 4.79. The van der Waals surface area contributed by atoms with Crippen LogP contribution in [0.15, 0.2) is 17.2 Å². The van der Waals surface area contributed by atoms with Gasteiger partial charge in [-0.3, -0.25) is 4.79 Å². The van der Waals surface area contributed by atoms with Gasteiger partial charge in [0.1, 0.15) is 0 Å². The van der Waals surface area contributed by atoms with Gasteiger partial charge in [-0.2, -0.15) is 0 Å². The summed E-state index contributed by atoms with van der Waals surface area (Å²) in [6.45, 7) is 4.67. The molecule has 1 aromatic heterocycles. The second-order valence-electron chi connectivity index (χ2n) is 3.54. The van der Waals surface area contributed by atoms with Crippen LogP contribution in [0.4, 0.5) is 5.82 Å². The molecule has 1 fully saturated rings. The Hall–Kier alpha value is -1.36. The van der Waals surface area contributed by atoms with Gasteiger partial charge < -0.3 is 15.2 Å². The van der Waals surface area contributed by atoms with Crippen LogP contribution in [0.3, 0.4) is 0 Å². The van der Waals surface area contributed by atoms with Crippen molar-refractivity contribution in [3.05, 3.63) is 22.7 Å². The number of piperazine rings is 1. The highest BCUT2D eigenvalue weighted by atomic mass is 16.1. The van der Waals surface area contributed by atoms with Gasteiger partial charge in [-0.15, -0.1) is 0 Å². The van der Waals surface area contributed by atoms with E-state index in [4.69, 9.17) is 0 Å². The van der Waals surface area contributed by atoms with Crippen LogP contribution in [0.1, 0.15) is 6.92 Å². The molecule has 14 heavy (non-hydrogen) atoms. The molecule has 1 atom stereocenters. The first-order chi connectivity index (χ1) is 6.77. The van der Waals surface area contributed by atoms with Crippen LogP contribution in [0.2, 0.25) is 0 Å². The lowest BCUT2D eigenvalue weighted by Gasteiger charge is -2.31. The maximum absolute atomic E-state index is 11.4. The summed E-state index contributed by atoms with van der Waals surface area (Å²) in [5.41, 5.74) is -0.110. The summed E-state index contributed by atoms with van der Waals surface area (Å²) in [6.07, 6.45) is 3.17. The predicted molar refractivity (Wildman–Crippen MR) is 54.5 cm³/mol. The summed E-state index contributed by atoms with van der Waals surface area (Å²) < 4.78 is 0. The van der Waals surface area contributed by atoms with Gasteiger partial charge in [0, 0.05) is 38.1 Å². The maximum Gasteiger partial charge on any atom is 0.290 e. The molecule has 0 radical (unpaired) electrons. The van der Waals surface area contributed by atoms with Crippen LogP contribution in [0.5, 0.6) is 0 Å². The van der Waals surface area contributed by atoms with E-state index >= 15 is 0 Å². The fourth-order valence-electron chi connectivity index (χ4n) is 1.69. The zero-order valence-electron chi connectivity index (χ0n) is 8.16. The van der Waals surface area contributed by atoms with Crippen molar-refractivity contribution in [3.8, 4) is 0 Å². The average Bonchev–Trinajstić information content (AvgIpc) is 2.18. The fourth-order valence-corrected chi connectivity index (χ4v) is 1.69. The molecule has 0 bridgehead atoms. The molecule has 2 rings (SSSR count). The quantitative estimate of drug-likeness (QED) is 0.636. The van der Waals surface area contributed by atoms with E-state index in [0.717, 1.165) is 19.6 Å². The van der Waals surface area contributed by atoms with Gasteiger partial charge >= 0.3 is 0 Å². The fraction of sp³-hybridized carbons (Fsp3) is 0.556. The molecular formula is C9H14N4O. The third-order valence-electron chi connectivity index (χ3n) is 2.36. The summed E-state index contributed by atoms with van der Waals surface area (Å²) in [7, 11) is 0. The molecular weight excluding hydrogens is 180 g/mol. The smallest absolute Gasteiger partial charge is 0.290 e. The molecule has 5 nitrogen and oxygen atoms in total. The number of anilines is 1. The average molecular weight is 194 g/mol. The van der Waals surface area contributed by atoms with E-state index in [1.807, 2.05) is 4.90 Å². The number of aromatic amines is 1. The molecule has 1 aliphatic heterocycles. The van der Waals surface area contributed by atoms with E-state index in [2.05, 4.69) is 22.2 Å². The minimum absolute atomic E-state index is 0.110. The number of hydrogen-bond donors (Lipinski definition) is 2. The summed E-state index contributed by atoms with van der Waals surface area (Å²) in [4.78, 5) is 20.2. The van der Waals surface area contributed by atoms with E-state index in [-0.39, 0.29) is 5.56 Å². The standard InChI is InChI=1S/C9H14N4O/c1-7-6-13(5-4-10-7)8-9(14)12-3-2-11-8/h2-3,7,10H,4-6H2,1H3,(H,12,14)/t7-/m1/s1. The van der Waals surface area contributed by atoms with E-state index in [1.165, 1.54) is 0 Å². The van der Waals surface area contributed by atoms with Gasteiger partial charge in [0.15, 0.2) is 5.82 Å². The van der Waals surface area contributed by atoms with Gasteiger partial charge in [0.25, 0.3) is 5.56 Å². The molecule has 0 aromatic carbocycles. The molecule has 1 saturated heterocycles. The molecule has 0 aliphatic carbocycles. The summed E-state index contributed by atoms with van der Waals surface area (Å²) in [6, 6.07) is 0.408. The number of H-pyrrole nitrogens is 1. The molecule has 1 aromatic rings. The van der Waals surface area contributed by atoms with Gasteiger partial charge in [-0.1, -0.05) is 0 Å². The van der Waals surface area contributed by atoms with Crippen molar-refractivity contribution >= 4 is 5.82 Å². The monoisotopic (exact) mass is 194 g/mol. The molecule has 76 valence electrons. The van der Waals surface area contributed by atoms with Crippen molar-refractivity contribution in [2.24, 2.45) is 0 Å². The molecule has 2 heterocycles. The van der Waals surface area contributed by atoms with Gasteiger partial charge in [0.2, 0.25) is 0 Å². The number of aromatic nitrogens is 2. The van der Waals surface area contributed by atoms with E-state index in [9.17, 15) is 4.79 Å². The molecule has 5 heteroatoms. The van der Waals surface area contributed by atoms with Crippen LogP contribution in [0.25, 0.3) is 0 Å². The van der Waals surface area contributed by atoms with Gasteiger partial charge in [-0.05, 0) is 6.92 Å². The molecule has 0 saturated carbocycles. The van der Waals surface area contributed by atoms with E-state index in [0.29, 0.717) is 11.9 Å². The molecule has 0 amide bonds. The van der Waals surface area contributed by atoms with Crippen LogP contribution in [-0.4, -0.2) is 35.6 Å². The highest BCUT2D eigenvalue weighted by molar-refractivity contribution is 5.36. The Morgan fingerprint density at radius 3 is 3.21 bits per heavy atom. The second-order valence-corrected chi connectivity index (χ2v) is 3.54. The van der Waals surface area contributed by atoms with Crippen molar-refractivity contribution < 1.29 is 0 Å². The highest BCUT2D eigenvalue weighted by Crippen LogP contribution is 2.05. The summed E-state index contributed by atoms with van der Waals surface area (Å²) in [5.74, 6) is 0.529. The lowest BCUT2D eigenvalue weighted by atomic mass is 10.2. The Bertz CT molecular complexity index is 362. The first-order valence-electron chi connectivity index (χ1n) is 4.79.